The Bertz CT molecular complexity index is 1060. The van der Waals surface area contributed by atoms with Crippen LogP contribution in [-0.2, 0) is 6.18 Å². The third kappa shape index (κ3) is 4.19. The third-order valence-electron chi connectivity index (χ3n) is 5.62. The van der Waals surface area contributed by atoms with Crippen molar-refractivity contribution in [3.63, 3.8) is 0 Å². The van der Waals surface area contributed by atoms with Crippen LogP contribution < -0.4 is 5.32 Å². The van der Waals surface area contributed by atoms with E-state index < -0.39 is 17.8 Å². The number of nitrogens with one attached hydrogen (secondary N) is 1. The summed E-state index contributed by atoms with van der Waals surface area (Å²) >= 11 is 12.5. The second-order valence-electron chi connectivity index (χ2n) is 7.60. The summed E-state index contributed by atoms with van der Waals surface area (Å²) in [5.74, 6) is 0. The number of aliphatic hydroxyl groups is 1. The molecule has 0 spiro atoms. The number of piperidine rings is 1. The number of halogens is 5. The van der Waals surface area contributed by atoms with Gasteiger partial charge in [-0.15, -0.1) is 0 Å². The normalized spacial score (nSPS) is 19.0. The Labute approximate surface area is 176 Å². The predicted molar refractivity (Wildman–Crippen MR) is 112 cm³/mol. The summed E-state index contributed by atoms with van der Waals surface area (Å²) in [4.78, 5) is 0. The fraction of sp³-hybridized carbons (Fsp3) is 0.364. The van der Waals surface area contributed by atoms with Crippen LogP contribution in [0.4, 0.5) is 13.2 Å². The maximum Gasteiger partial charge on any atom is 0.416 e. The molecular formula is C22H20Cl2F3NO. The number of alkyl halides is 3. The van der Waals surface area contributed by atoms with Crippen molar-refractivity contribution in [1.82, 2.24) is 5.32 Å². The highest BCUT2D eigenvalue weighted by Crippen LogP contribution is 2.40. The van der Waals surface area contributed by atoms with E-state index in [0.29, 0.717) is 43.6 Å². The lowest BCUT2D eigenvalue weighted by Gasteiger charge is -2.26. The molecule has 4 rings (SSSR count). The van der Waals surface area contributed by atoms with Crippen LogP contribution in [0.5, 0.6) is 0 Å². The van der Waals surface area contributed by atoms with Gasteiger partial charge in [0.25, 0.3) is 0 Å². The highest BCUT2D eigenvalue weighted by atomic mass is 35.5. The number of aliphatic hydroxyl groups excluding tert-OH is 1. The summed E-state index contributed by atoms with van der Waals surface area (Å²) in [6.45, 7) is 0.912. The molecule has 1 saturated heterocycles. The molecule has 1 fully saturated rings. The van der Waals surface area contributed by atoms with Gasteiger partial charge in [-0.3, -0.25) is 0 Å². The van der Waals surface area contributed by atoms with Gasteiger partial charge in [0, 0.05) is 21.5 Å². The predicted octanol–water partition coefficient (Wildman–Crippen LogP) is 6.88. The summed E-state index contributed by atoms with van der Waals surface area (Å²) in [6.07, 6.45) is -1.61. The second-order valence-corrected chi connectivity index (χ2v) is 8.45. The molecule has 0 saturated carbocycles. The minimum atomic E-state index is -4.47. The van der Waals surface area contributed by atoms with Crippen LogP contribution in [0.25, 0.3) is 21.5 Å². The first-order valence-electron chi connectivity index (χ1n) is 9.58. The molecule has 0 aliphatic carbocycles. The Morgan fingerprint density at radius 2 is 1.76 bits per heavy atom. The lowest BCUT2D eigenvalue weighted by atomic mass is 9.89. The molecule has 0 aromatic heterocycles. The van der Waals surface area contributed by atoms with Gasteiger partial charge in [0.05, 0.1) is 11.7 Å². The molecule has 2 nitrogen and oxygen atoms in total. The van der Waals surface area contributed by atoms with Gasteiger partial charge in [0.1, 0.15) is 0 Å². The first-order valence-corrected chi connectivity index (χ1v) is 10.3. The monoisotopic (exact) mass is 441 g/mol. The van der Waals surface area contributed by atoms with Gasteiger partial charge in [-0.2, -0.15) is 13.2 Å². The molecule has 1 aliphatic heterocycles. The molecule has 7 heteroatoms. The zero-order chi connectivity index (χ0) is 20.8. The Hall–Kier alpha value is -1.53. The fourth-order valence-electron chi connectivity index (χ4n) is 4.18. The van der Waals surface area contributed by atoms with Gasteiger partial charge in [-0.25, -0.2) is 0 Å². The molecule has 29 heavy (non-hydrogen) atoms. The maximum absolute atomic E-state index is 13.3. The SMILES string of the molecule is O[C@H](C[C@@H]1CCCCN1)c1cc2c(Cl)cc(Cl)cc2c2cc(C(F)(F)F)ccc12. The van der Waals surface area contributed by atoms with Crippen LogP contribution in [0.3, 0.4) is 0 Å². The Balaban J connectivity index is 1.91. The fourth-order valence-corrected chi connectivity index (χ4v) is 4.73. The molecule has 1 aliphatic rings. The summed E-state index contributed by atoms with van der Waals surface area (Å²) < 4.78 is 40.0. The van der Waals surface area contributed by atoms with Crippen molar-refractivity contribution < 1.29 is 18.3 Å². The van der Waals surface area contributed by atoms with E-state index in [2.05, 4.69) is 5.32 Å². The number of hydrogen-bond donors (Lipinski definition) is 2. The quantitative estimate of drug-likeness (QED) is 0.433. The van der Waals surface area contributed by atoms with Crippen molar-refractivity contribution in [2.45, 2.75) is 44.0 Å². The largest absolute Gasteiger partial charge is 0.416 e. The zero-order valence-electron chi connectivity index (χ0n) is 15.5. The summed E-state index contributed by atoms with van der Waals surface area (Å²) in [7, 11) is 0. The Morgan fingerprint density at radius 3 is 2.45 bits per heavy atom. The minimum absolute atomic E-state index is 0.180. The Kier molecular flexibility index (Phi) is 5.68. The Morgan fingerprint density at radius 1 is 1.00 bits per heavy atom. The van der Waals surface area contributed by atoms with Crippen LogP contribution in [0, 0.1) is 0 Å². The van der Waals surface area contributed by atoms with Gasteiger partial charge in [0.15, 0.2) is 0 Å². The molecule has 0 bridgehead atoms. The van der Waals surface area contributed by atoms with E-state index in [0.717, 1.165) is 37.9 Å². The average molecular weight is 442 g/mol. The standard InChI is InChI=1S/C22H20Cl2F3NO/c23-13-8-17-16-7-12(22(25,26)27)4-5-15(16)19(11-18(17)20(24)9-13)21(29)10-14-3-1-2-6-28-14/h4-5,7-9,11,14,21,28-29H,1-3,6,10H2/t14-,21+/m0/s1. The van der Waals surface area contributed by atoms with Gasteiger partial charge >= 0.3 is 6.18 Å². The summed E-state index contributed by atoms with van der Waals surface area (Å²) in [5.41, 5.74) is -0.166. The van der Waals surface area contributed by atoms with Crippen LogP contribution in [-0.4, -0.2) is 17.7 Å². The van der Waals surface area contributed by atoms with Gasteiger partial charge in [-0.1, -0.05) is 35.7 Å². The van der Waals surface area contributed by atoms with Crippen molar-refractivity contribution in [3.05, 3.63) is 57.6 Å². The first-order chi connectivity index (χ1) is 13.7. The zero-order valence-corrected chi connectivity index (χ0v) is 17.0. The van der Waals surface area contributed by atoms with E-state index in [1.807, 2.05) is 0 Å². The smallest absolute Gasteiger partial charge is 0.388 e. The van der Waals surface area contributed by atoms with E-state index in [-0.39, 0.29) is 6.04 Å². The molecule has 1 heterocycles. The molecule has 154 valence electrons. The molecule has 2 N–H and O–H groups in total. The molecule has 0 radical (unpaired) electrons. The molecule has 3 aromatic rings. The van der Waals surface area contributed by atoms with Crippen molar-refractivity contribution in [3.8, 4) is 0 Å². The molecule has 0 amide bonds. The van der Waals surface area contributed by atoms with E-state index in [1.165, 1.54) is 6.07 Å². The number of fused-ring (bicyclic) bond motifs is 3. The lowest BCUT2D eigenvalue weighted by Crippen LogP contribution is -2.35. The third-order valence-corrected chi connectivity index (χ3v) is 6.15. The van der Waals surface area contributed by atoms with E-state index in [4.69, 9.17) is 23.2 Å². The van der Waals surface area contributed by atoms with Crippen LogP contribution in [0.1, 0.15) is 42.9 Å². The number of rotatable bonds is 3. The lowest BCUT2D eigenvalue weighted by molar-refractivity contribution is -0.137. The number of hydrogen-bond acceptors (Lipinski definition) is 2. The second kappa shape index (κ2) is 7.95. The van der Waals surface area contributed by atoms with Crippen LogP contribution in [0.2, 0.25) is 10.0 Å². The van der Waals surface area contributed by atoms with Crippen molar-refractivity contribution >= 4 is 44.7 Å². The number of benzene rings is 3. The molecule has 0 unspecified atom stereocenters. The molecular weight excluding hydrogens is 422 g/mol. The van der Waals surface area contributed by atoms with Crippen molar-refractivity contribution in [2.24, 2.45) is 0 Å². The summed E-state index contributed by atoms with van der Waals surface area (Å²) in [5, 5.41) is 17.1. The minimum Gasteiger partial charge on any atom is -0.388 e. The molecule has 3 aromatic carbocycles. The highest BCUT2D eigenvalue weighted by Gasteiger charge is 2.31. The van der Waals surface area contributed by atoms with Crippen molar-refractivity contribution in [2.75, 3.05) is 6.54 Å². The highest BCUT2D eigenvalue weighted by molar-refractivity contribution is 6.39. The van der Waals surface area contributed by atoms with Gasteiger partial charge in [0.2, 0.25) is 0 Å². The van der Waals surface area contributed by atoms with E-state index in [1.54, 1.807) is 18.2 Å². The van der Waals surface area contributed by atoms with Crippen LogP contribution >= 0.6 is 23.2 Å². The summed E-state index contributed by atoms with van der Waals surface area (Å²) in [6, 6.07) is 8.72. The van der Waals surface area contributed by atoms with E-state index >= 15 is 0 Å². The average Bonchev–Trinajstić information content (AvgIpc) is 2.67. The molecule has 2 atom stereocenters. The maximum atomic E-state index is 13.3. The van der Waals surface area contributed by atoms with E-state index in [9.17, 15) is 18.3 Å². The van der Waals surface area contributed by atoms with Gasteiger partial charge < -0.3 is 10.4 Å². The van der Waals surface area contributed by atoms with Crippen LogP contribution in [0.15, 0.2) is 36.4 Å². The topological polar surface area (TPSA) is 32.3 Å². The first kappa shape index (κ1) is 20.7. The van der Waals surface area contributed by atoms with Gasteiger partial charge in [-0.05, 0) is 77.9 Å². The van der Waals surface area contributed by atoms with Crippen molar-refractivity contribution in [1.29, 1.82) is 0 Å².